The van der Waals surface area contributed by atoms with Crippen LogP contribution in [0.15, 0.2) is 51.8 Å². The Bertz CT molecular complexity index is 972. The standard InChI is InChI=1S/C21H25BrN2O4S/c1-2-3-14-28-20-9-5-4-8-19(20)23-21(25)17-15-16(10-11-18(17)22)29(26,27)24-12-6-7-13-24/h4-5,8-11,15H,2-3,6-7,12-14H2,1H3,(H,23,25). The molecule has 0 radical (unpaired) electrons. The van der Waals surface area contributed by atoms with Gasteiger partial charge in [-0.15, -0.1) is 0 Å². The summed E-state index contributed by atoms with van der Waals surface area (Å²) in [6, 6.07) is 11.8. The zero-order valence-corrected chi connectivity index (χ0v) is 18.8. The van der Waals surface area contributed by atoms with E-state index in [1.807, 2.05) is 12.1 Å². The van der Waals surface area contributed by atoms with Crippen LogP contribution in [0.4, 0.5) is 5.69 Å². The number of sulfonamides is 1. The molecule has 156 valence electrons. The average molecular weight is 481 g/mol. The number of hydrogen-bond donors (Lipinski definition) is 1. The summed E-state index contributed by atoms with van der Waals surface area (Å²) >= 11 is 3.36. The molecule has 2 aromatic carbocycles. The molecule has 0 bridgehead atoms. The van der Waals surface area contributed by atoms with Crippen molar-refractivity contribution in [3.8, 4) is 5.75 Å². The molecule has 1 amide bonds. The first-order valence-electron chi connectivity index (χ1n) is 9.76. The molecule has 0 aromatic heterocycles. The second-order valence-electron chi connectivity index (χ2n) is 6.91. The van der Waals surface area contributed by atoms with Crippen LogP contribution < -0.4 is 10.1 Å². The quantitative estimate of drug-likeness (QED) is 0.557. The summed E-state index contributed by atoms with van der Waals surface area (Å²) in [4.78, 5) is 13.0. The van der Waals surface area contributed by atoms with Crippen LogP contribution in [0.25, 0.3) is 0 Å². The van der Waals surface area contributed by atoms with Crippen LogP contribution in [0.3, 0.4) is 0 Å². The van der Waals surface area contributed by atoms with Gasteiger partial charge in [-0.05, 0) is 65.5 Å². The summed E-state index contributed by atoms with van der Waals surface area (Å²) in [5.74, 6) is 0.188. The highest BCUT2D eigenvalue weighted by atomic mass is 79.9. The van der Waals surface area contributed by atoms with E-state index in [-0.39, 0.29) is 10.5 Å². The summed E-state index contributed by atoms with van der Waals surface area (Å²) in [7, 11) is -3.60. The number of benzene rings is 2. The first-order chi connectivity index (χ1) is 13.9. The number of hydrogen-bond acceptors (Lipinski definition) is 4. The van der Waals surface area contributed by atoms with E-state index in [4.69, 9.17) is 4.74 Å². The molecule has 0 unspecified atom stereocenters. The van der Waals surface area contributed by atoms with Crippen molar-refractivity contribution >= 4 is 37.5 Å². The second-order valence-corrected chi connectivity index (χ2v) is 9.70. The van der Waals surface area contributed by atoms with E-state index in [9.17, 15) is 13.2 Å². The SMILES string of the molecule is CCCCOc1ccccc1NC(=O)c1cc(S(=O)(=O)N2CCCC2)ccc1Br. The van der Waals surface area contributed by atoms with Gasteiger partial charge in [0.2, 0.25) is 10.0 Å². The first-order valence-corrected chi connectivity index (χ1v) is 12.0. The maximum atomic E-state index is 12.9. The fourth-order valence-electron chi connectivity index (χ4n) is 3.13. The van der Waals surface area contributed by atoms with Gasteiger partial charge in [0.1, 0.15) is 5.75 Å². The van der Waals surface area contributed by atoms with Crippen molar-refractivity contribution in [2.45, 2.75) is 37.5 Å². The number of nitrogens with one attached hydrogen (secondary N) is 1. The lowest BCUT2D eigenvalue weighted by molar-refractivity contribution is 0.102. The van der Waals surface area contributed by atoms with Gasteiger partial charge in [-0.3, -0.25) is 4.79 Å². The van der Waals surface area contributed by atoms with Crippen LogP contribution in [0, 0.1) is 0 Å². The number of nitrogens with zero attached hydrogens (tertiary/aromatic N) is 1. The molecule has 29 heavy (non-hydrogen) atoms. The predicted molar refractivity (Wildman–Crippen MR) is 117 cm³/mol. The Kier molecular flexibility index (Phi) is 7.32. The Balaban J connectivity index is 1.83. The molecular weight excluding hydrogens is 456 g/mol. The zero-order chi connectivity index (χ0) is 20.9. The van der Waals surface area contributed by atoms with E-state index in [1.54, 1.807) is 18.2 Å². The van der Waals surface area contributed by atoms with Gasteiger partial charge in [0.25, 0.3) is 5.91 Å². The number of para-hydroxylation sites is 2. The lowest BCUT2D eigenvalue weighted by atomic mass is 10.2. The molecule has 0 aliphatic carbocycles. The Hall–Kier alpha value is -1.90. The number of unbranched alkanes of at least 4 members (excludes halogenated alkanes) is 1. The number of amides is 1. The van der Waals surface area contributed by atoms with Crippen molar-refractivity contribution in [1.29, 1.82) is 0 Å². The van der Waals surface area contributed by atoms with Crippen LogP contribution in [-0.2, 0) is 10.0 Å². The highest BCUT2D eigenvalue weighted by Crippen LogP contribution is 2.28. The summed E-state index contributed by atoms with van der Waals surface area (Å²) in [6.07, 6.45) is 3.65. The largest absolute Gasteiger partial charge is 0.491 e. The van der Waals surface area contributed by atoms with E-state index >= 15 is 0 Å². The van der Waals surface area contributed by atoms with E-state index in [1.165, 1.54) is 16.4 Å². The number of halogens is 1. The average Bonchev–Trinajstić information content (AvgIpc) is 3.25. The predicted octanol–water partition coefficient (Wildman–Crippen LogP) is 4.66. The third-order valence-electron chi connectivity index (χ3n) is 4.78. The van der Waals surface area contributed by atoms with E-state index in [0.29, 0.717) is 35.6 Å². The molecule has 0 spiro atoms. The number of ether oxygens (including phenoxy) is 1. The molecule has 1 aliphatic heterocycles. The van der Waals surface area contributed by atoms with E-state index in [0.717, 1.165) is 25.7 Å². The second kappa shape index (κ2) is 9.73. The Morgan fingerprint density at radius 2 is 1.90 bits per heavy atom. The number of carbonyl (C=O) groups excluding carboxylic acids is 1. The maximum absolute atomic E-state index is 12.9. The summed E-state index contributed by atoms with van der Waals surface area (Å²) in [6.45, 7) is 3.68. The number of anilines is 1. The van der Waals surface area contributed by atoms with Crippen molar-refractivity contribution in [3.05, 3.63) is 52.5 Å². The minimum atomic E-state index is -3.60. The Labute approximate surface area is 180 Å². The van der Waals surface area contributed by atoms with Gasteiger partial charge in [-0.2, -0.15) is 4.31 Å². The molecule has 2 aromatic rings. The smallest absolute Gasteiger partial charge is 0.256 e. The number of rotatable bonds is 8. The molecule has 1 fully saturated rings. The van der Waals surface area contributed by atoms with Crippen LogP contribution >= 0.6 is 15.9 Å². The Morgan fingerprint density at radius 1 is 1.17 bits per heavy atom. The molecular formula is C21H25BrN2O4S. The minimum Gasteiger partial charge on any atom is -0.491 e. The third kappa shape index (κ3) is 5.18. The number of carbonyl (C=O) groups is 1. The molecule has 3 rings (SSSR count). The van der Waals surface area contributed by atoms with Crippen molar-refractivity contribution in [2.24, 2.45) is 0 Å². The normalized spacial score (nSPS) is 14.7. The lowest BCUT2D eigenvalue weighted by Gasteiger charge is -2.17. The van der Waals surface area contributed by atoms with Crippen LogP contribution in [0.1, 0.15) is 43.0 Å². The monoisotopic (exact) mass is 480 g/mol. The van der Waals surface area contributed by atoms with Gasteiger partial charge in [0, 0.05) is 17.6 Å². The first kappa shape index (κ1) is 21.8. The summed E-state index contributed by atoms with van der Waals surface area (Å²) < 4.78 is 33.4. The van der Waals surface area contributed by atoms with E-state index < -0.39 is 15.9 Å². The fraction of sp³-hybridized carbons (Fsp3) is 0.381. The topological polar surface area (TPSA) is 75.7 Å². The van der Waals surface area contributed by atoms with Gasteiger partial charge in [-0.25, -0.2) is 8.42 Å². The van der Waals surface area contributed by atoms with Gasteiger partial charge in [0.05, 0.1) is 22.8 Å². The maximum Gasteiger partial charge on any atom is 0.256 e. The third-order valence-corrected chi connectivity index (χ3v) is 7.36. The fourth-order valence-corrected chi connectivity index (χ4v) is 5.10. The molecule has 0 saturated carbocycles. The molecule has 1 heterocycles. The Morgan fingerprint density at radius 3 is 2.62 bits per heavy atom. The zero-order valence-electron chi connectivity index (χ0n) is 16.4. The van der Waals surface area contributed by atoms with Crippen molar-refractivity contribution < 1.29 is 17.9 Å². The highest BCUT2D eigenvalue weighted by molar-refractivity contribution is 9.10. The van der Waals surface area contributed by atoms with E-state index in [2.05, 4.69) is 28.2 Å². The van der Waals surface area contributed by atoms with Crippen molar-refractivity contribution in [1.82, 2.24) is 4.31 Å². The molecule has 8 heteroatoms. The van der Waals surface area contributed by atoms with Crippen molar-refractivity contribution in [3.63, 3.8) is 0 Å². The van der Waals surface area contributed by atoms with Gasteiger partial charge >= 0.3 is 0 Å². The van der Waals surface area contributed by atoms with Crippen molar-refractivity contribution in [2.75, 3.05) is 25.0 Å². The van der Waals surface area contributed by atoms with Crippen LogP contribution in [0.5, 0.6) is 5.75 Å². The summed E-state index contributed by atoms with van der Waals surface area (Å²) in [5.41, 5.74) is 0.807. The molecule has 1 aliphatic rings. The lowest BCUT2D eigenvalue weighted by Crippen LogP contribution is -2.28. The van der Waals surface area contributed by atoms with Gasteiger partial charge in [0.15, 0.2) is 0 Å². The molecule has 1 saturated heterocycles. The van der Waals surface area contributed by atoms with Gasteiger partial charge < -0.3 is 10.1 Å². The highest BCUT2D eigenvalue weighted by Gasteiger charge is 2.28. The summed E-state index contributed by atoms with van der Waals surface area (Å²) in [5, 5.41) is 2.84. The molecule has 0 atom stereocenters. The van der Waals surface area contributed by atoms with Gasteiger partial charge in [-0.1, -0.05) is 25.5 Å². The molecule has 6 nitrogen and oxygen atoms in total. The minimum absolute atomic E-state index is 0.125. The van der Waals surface area contributed by atoms with Crippen LogP contribution in [-0.4, -0.2) is 38.3 Å². The molecule has 1 N–H and O–H groups in total. The van der Waals surface area contributed by atoms with Crippen LogP contribution in [0.2, 0.25) is 0 Å².